The van der Waals surface area contributed by atoms with Gasteiger partial charge in [0.15, 0.2) is 0 Å². The lowest BCUT2D eigenvalue weighted by atomic mass is 9.92. The van der Waals surface area contributed by atoms with Crippen molar-refractivity contribution in [3.63, 3.8) is 0 Å². The van der Waals surface area contributed by atoms with Crippen LogP contribution in [0.5, 0.6) is 0 Å². The Balaban J connectivity index is 1.30. The Morgan fingerprint density at radius 2 is 1.74 bits per heavy atom. The fourth-order valence-corrected chi connectivity index (χ4v) is 4.58. The molecular formula is C19H28ClN5O2. The van der Waals surface area contributed by atoms with Gasteiger partial charge in [0.2, 0.25) is 11.9 Å². The number of piperidine rings is 2. The molecule has 3 aliphatic heterocycles. The zero-order chi connectivity index (χ0) is 18.6. The van der Waals surface area contributed by atoms with Gasteiger partial charge in [-0.05, 0) is 32.2 Å². The smallest absolute Gasteiger partial charge is 0.227 e. The van der Waals surface area contributed by atoms with Crippen molar-refractivity contribution in [2.24, 2.45) is 5.92 Å². The number of rotatable bonds is 3. The van der Waals surface area contributed by atoms with Crippen LogP contribution in [0.1, 0.15) is 25.7 Å². The fourth-order valence-electron chi connectivity index (χ4n) is 4.48. The van der Waals surface area contributed by atoms with Crippen LogP contribution in [0.3, 0.4) is 0 Å². The minimum atomic E-state index is 0.148. The van der Waals surface area contributed by atoms with Gasteiger partial charge < -0.3 is 14.5 Å². The predicted molar refractivity (Wildman–Crippen MR) is 104 cm³/mol. The molecule has 1 aromatic heterocycles. The number of nitrogens with zero attached hydrogens (tertiary/aromatic N) is 5. The van der Waals surface area contributed by atoms with Gasteiger partial charge in [0.1, 0.15) is 0 Å². The zero-order valence-corrected chi connectivity index (χ0v) is 16.5. The van der Waals surface area contributed by atoms with Gasteiger partial charge in [-0.15, -0.1) is 0 Å². The summed E-state index contributed by atoms with van der Waals surface area (Å²) in [5.41, 5.74) is 0. The molecule has 3 fully saturated rings. The summed E-state index contributed by atoms with van der Waals surface area (Å²) in [6, 6.07) is 0.550. The number of amides is 1. The van der Waals surface area contributed by atoms with Crippen molar-refractivity contribution in [3.8, 4) is 0 Å². The maximum Gasteiger partial charge on any atom is 0.227 e. The lowest BCUT2D eigenvalue weighted by Gasteiger charge is -2.43. The molecule has 0 bridgehead atoms. The number of ether oxygens (including phenoxy) is 1. The first-order chi connectivity index (χ1) is 13.2. The van der Waals surface area contributed by atoms with E-state index in [9.17, 15) is 4.79 Å². The Labute approximate surface area is 165 Å². The molecule has 8 heteroatoms. The number of carbonyl (C=O) groups is 1. The van der Waals surface area contributed by atoms with E-state index in [4.69, 9.17) is 16.3 Å². The van der Waals surface area contributed by atoms with Gasteiger partial charge in [-0.3, -0.25) is 9.69 Å². The zero-order valence-electron chi connectivity index (χ0n) is 15.7. The molecular weight excluding hydrogens is 366 g/mol. The molecule has 3 aliphatic rings. The molecule has 0 spiro atoms. The number of morpholine rings is 1. The van der Waals surface area contributed by atoms with Crippen molar-refractivity contribution < 1.29 is 9.53 Å². The largest absolute Gasteiger partial charge is 0.378 e. The number of carbonyl (C=O) groups excluding carboxylic acids is 1. The summed E-state index contributed by atoms with van der Waals surface area (Å²) in [6.45, 7) is 6.74. The highest BCUT2D eigenvalue weighted by molar-refractivity contribution is 6.30. The molecule has 27 heavy (non-hydrogen) atoms. The Morgan fingerprint density at radius 1 is 1.04 bits per heavy atom. The Bertz CT molecular complexity index is 629. The molecule has 0 saturated carbocycles. The molecule has 7 nitrogen and oxygen atoms in total. The standard InChI is InChI=1S/C19H28ClN5O2/c20-16-12-21-19(22-13-16)24-6-3-17(4-7-24)25-5-1-2-15(14-25)18(26)23-8-10-27-11-9-23/h12-13,15,17H,1-11,14H2. The molecule has 0 aliphatic carbocycles. The molecule has 0 N–H and O–H groups in total. The normalized spacial score (nSPS) is 25.6. The number of likely N-dealkylation sites (tertiary alicyclic amines) is 1. The van der Waals surface area contributed by atoms with Crippen LogP contribution in [-0.2, 0) is 9.53 Å². The minimum absolute atomic E-state index is 0.148. The van der Waals surface area contributed by atoms with E-state index in [0.717, 1.165) is 70.9 Å². The molecule has 3 saturated heterocycles. The summed E-state index contributed by atoms with van der Waals surface area (Å²) in [5.74, 6) is 1.24. The maximum atomic E-state index is 12.9. The van der Waals surface area contributed by atoms with E-state index in [1.165, 1.54) is 0 Å². The third-order valence-corrected chi connectivity index (χ3v) is 6.19. The van der Waals surface area contributed by atoms with Crippen LogP contribution >= 0.6 is 11.6 Å². The SMILES string of the molecule is O=C(C1CCCN(C2CCN(c3ncc(Cl)cn3)CC2)C1)N1CCOCC1. The van der Waals surface area contributed by atoms with Gasteiger partial charge >= 0.3 is 0 Å². The molecule has 0 aromatic carbocycles. The van der Waals surface area contributed by atoms with Crippen LogP contribution in [0.2, 0.25) is 5.02 Å². The fraction of sp³-hybridized carbons (Fsp3) is 0.737. The topological polar surface area (TPSA) is 61.8 Å². The highest BCUT2D eigenvalue weighted by Crippen LogP contribution is 2.26. The van der Waals surface area contributed by atoms with Gasteiger partial charge in [-0.2, -0.15) is 0 Å². The summed E-state index contributed by atoms with van der Waals surface area (Å²) < 4.78 is 5.38. The number of halogens is 1. The van der Waals surface area contributed by atoms with Crippen LogP contribution in [0, 0.1) is 5.92 Å². The third-order valence-electron chi connectivity index (χ3n) is 6.00. The van der Waals surface area contributed by atoms with Crippen LogP contribution in [0.25, 0.3) is 0 Å². The quantitative estimate of drug-likeness (QED) is 0.778. The van der Waals surface area contributed by atoms with Gasteiger partial charge in [-0.1, -0.05) is 11.6 Å². The Morgan fingerprint density at radius 3 is 2.44 bits per heavy atom. The molecule has 4 rings (SSSR count). The van der Waals surface area contributed by atoms with Crippen molar-refractivity contribution in [1.29, 1.82) is 0 Å². The van der Waals surface area contributed by atoms with Gasteiger partial charge in [0.05, 0.1) is 36.5 Å². The monoisotopic (exact) mass is 393 g/mol. The lowest BCUT2D eigenvalue weighted by molar-refractivity contribution is -0.141. The van der Waals surface area contributed by atoms with Gasteiger partial charge in [0, 0.05) is 38.8 Å². The van der Waals surface area contributed by atoms with Crippen molar-refractivity contribution >= 4 is 23.5 Å². The highest BCUT2D eigenvalue weighted by Gasteiger charge is 2.34. The van der Waals surface area contributed by atoms with E-state index in [1.807, 2.05) is 4.90 Å². The second kappa shape index (κ2) is 8.71. The minimum Gasteiger partial charge on any atom is -0.378 e. The van der Waals surface area contributed by atoms with Crippen molar-refractivity contribution in [2.45, 2.75) is 31.7 Å². The van der Waals surface area contributed by atoms with Crippen molar-refractivity contribution in [2.75, 3.05) is 57.4 Å². The first-order valence-corrected chi connectivity index (χ1v) is 10.4. The number of aromatic nitrogens is 2. The molecule has 4 heterocycles. The Kier molecular flexibility index (Phi) is 6.10. The lowest BCUT2D eigenvalue weighted by Crippen LogP contribution is -2.52. The maximum absolute atomic E-state index is 12.9. The van der Waals surface area contributed by atoms with E-state index >= 15 is 0 Å². The van der Waals surface area contributed by atoms with Crippen LogP contribution in [0.15, 0.2) is 12.4 Å². The highest BCUT2D eigenvalue weighted by atomic mass is 35.5. The number of hydrogen-bond donors (Lipinski definition) is 0. The molecule has 1 amide bonds. The first-order valence-electron chi connectivity index (χ1n) is 10.0. The molecule has 1 unspecified atom stereocenters. The molecule has 0 radical (unpaired) electrons. The molecule has 148 valence electrons. The van der Waals surface area contributed by atoms with E-state index in [0.29, 0.717) is 30.2 Å². The van der Waals surface area contributed by atoms with E-state index in [1.54, 1.807) is 12.4 Å². The second-order valence-electron chi connectivity index (χ2n) is 7.69. The predicted octanol–water partition coefficient (Wildman–Crippen LogP) is 1.67. The van der Waals surface area contributed by atoms with E-state index < -0.39 is 0 Å². The first kappa shape index (κ1) is 18.9. The van der Waals surface area contributed by atoms with E-state index in [2.05, 4.69) is 19.8 Å². The average Bonchev–Trinajstić information content (AvgIpc) is 2.75. The summed E-state index contributed by atoms with van der Waals surface area (Å²) in [6.07, 6.45) is 7.62. The average molecular weight is 394 g/mol. The molecule has 1 atom stereocenters. The van der Waals surface area contributed by atoms with Crippen molar-refractivity contribution in [3.05, 3.63) is 17.4 Å². The second-order valence-corrected chi connectivity index (χ2v) is 8.13. The summed E-state index contributed by atoms with van der Waals surface area (Å²) in [4.78, 5) is 28.3. The van der Waals surface area contributed by atoms with Crippen LogP contribution < -0.4 is 4.90 Å². The number of anilines is 1. The van der Waals surface area contributed by atoms with Crippen LogP contribution in [-0.4, -0.2) is 84.2 Å². The van der Waals surface area contributed by atoms with Gasteiger partial charge in [0.25, 0.3) is 0 Å². The summed E-state index contributed by atoms with van der Waals surface area (Å²) in [7, 11) is 0. The Hall–Kier alpha value is -1.44. The van der Waals surface area contributed by atoms with Crippen LogP contribution in [0.4, 0.5) is 5.95 Å². The summed E-state index contributed by atoms with van der Waals surface area (Å²) >= 11 is 5.88. The summed E-state index contributed by atoms with van der Waals surface area (Å²) in [5, 5.41) is 0.568. The molecule has 1 aromatic rings. The van der Waals surface area contributed by atoms with E-state index in [-0.39, 0.29) is 5.92 Å². The van der Waals surface area contributed by atoms with Gasteiger partial charge in [-0.25, -0.2) is 9.97 Å². The number of hydrogen-bond acceptors (Lipinski definition) is 6. The third kappa shape index (κ3) is 4.52. The van der Waals surface area contributed by atoms with Crippen molar-refractivity contribution in [1.82, 2.24) is 19.8 Å².